The number of ether oxygens (including phenoxy) is 1. The third-order valence-electron chi connectivity index (χ3n) is 5.23. The van der Waals surface area contributed by atoms with E-state index in [0.29, 0.717) is 17.0 Å². The number of amides is 3. The number of carbonyl (C=O) groups is 3. The first kappa shape index (κ1) is 26.9. The fourth-order valence-corrected chi connectivity index (χ4v) is 3.53. The minimum atomic E-state index is -0.553. The number of rotatable bonds is 14. The van der Waals surface area contributed by atoms with Gasteiger partial charge in [0.15, 0.2) is 0 Å². The molecule has 2 aromatic carbocycles. The molecule has 0 aliphatic heterocycles. The van der Waals surface area contributed by atoms with Crippen molar-refractivity contribution in [1.82, 2.24) is 15.7 Å². The second kappa shape index (κ2) is 14.0. The number of carbonyl (C=O) groups excluding carboxylic acids is 3. The monoisotopic (exact) mass is 469 g/mol. The van der Waals surface area contributed by atoms with Crippen LogP contribution in [0, 0.1) is 5.92 Å². The van der Waals surface area contributed by atoms with Crippen molar-refractivity contribution in [2.24, 2.45) is 5.92 Å². The average Bonchev–Trinajstić information content (AvgIpc) is 2.83. The Kier molecular flexibility index (Phi) is 11.1. The van der Waals surface area contributed by atoms with Crippen LogP contribution < -0.4 is 15.4 Å². The maximum Gasteiger partial charge on any atom is 0.252 e. The molecule has 2 aromatic rings. The summed E-state index contributed by atoms with van der Waals surface area (Å²) in [5, 5.41) is 15.3. The lowest BCUT2D eigenvalue weighted by Crippen LogP contribution is -2.43. The minimum absolute atomic E-state index is 0.0591. The Bertz CT molecular complexity index is 948. The van der Waals surface area contributed by atoms with Gasteiger partial charge >= 0.3 is 0 Å². The summed E-state index contributed by atoms with van der Waals surface area (Å²) in [6.07, 6.45) is 3.64. The molecule has 8 nitrogen and oxygen atoms in total. The van der Waals surface area contributed by atoms with Gasteiger partial charge in [-0.15, -0.1) is 0 Å². The molecule has 34 heavy (non-hydrogen) atoms. The van der Waals surface area contributed by atoms with E-state index in [1.807, 2.05) is 44.2 Å². The molecule has 0 fully saturated rings. The Hall–Kier alpha value is -3.39. The van der Waals surface area contributed by atoms with E-state index < -0.39 is 5.92 Å². The van der Waals surface area contributed by atoms with E-state index in [9.17, 15) is 19.6 Å². The average molecular weight is 470 g/mol. The van der Waals surface area contributed by atoms with Crippen molar-refractivity contribution in [3.8, 4) is 16.9 Å². The fourth-order valence-electron chi connectivity index (χ4n) is 3.53. The number of benzene rings is 2. The molecule has 3 amide bonds. The molecule has 0 spiro atoms. The van der Waals surface area contributed by atoms with Crippen molar-refractivity contribution in [2.75, 3.05) is 13.2 Å². The van der Waals surface area contributed by atoms with Gasteiger partial charge in [0.2, 0.25) is 12.3 Å². The van der Waals surface area contributed by atoms with Crippen molar-refractivity contribution in [2.45, 2.75) is 52.6 Å². The van der Waals surface area contributed by atoms with Gasteiger partial charge < -0.3 is 15.4 Å². The van der Waals surface area contributed by atoms with Crippen molar-refractivity contribution < 1.29 is 24.3 Å². The molecule has 0 saturated carbocycles. The highest BCUT2D eigenvalue weighted by molar-refractivity contribution is 5.95. The molecule has 8 heteroatoms. The highest BCUT2D eigenvalue weighted by Crippen LogP contribution is 2.25. The van der Waals surface area contributed by atoms with E-state index in [2.05, 4.69) is 17.6 Å². The number of hydrogen-bond acceptors (Lipinski definition) is 5. The lowest BCUT2D eigenvalue weighted by molar-refractivity contribution is -0.154. The predicted molar refractivity (Wildman–Crippen MR) is 130 cm³/mol. The molecule has 0 unspecified atom stereocenters. The van der Waals surface area contributed by atoms with Crippen LogP contribution in [-0.2, 0) is 9.59 Å². The molecule has 1 atom stereocenters. The molecule has 0 saturated heterocycles. The molecule has 0 heterocycles. The number of nitrogens with one attached hydrogen (secondary N) is 2. The molecule has 0 aliphatic rings. The highest BCUT2D eigenvalue weighted by Gasteiger charge is 2.20. The van der Waals surface area contributed by atoms with Crippen LogP contribution in [0.2, 0.25) is 0 Å². The normalized spacial score (nSPS) is 11.6. The molecule has 0 bridgehead atoms. The summed E-state index contributed by atoms with van der Waals surface area (Å²) >= 11 is 0. The summed E-state index contributed by atoms with van der Waals surface area (Å²) in [7, 11) is 0. The maximum absolute atomic E-state index is 12.6. The first-order valence-electron chi connectivity index (χ1n) is 11.7. The van der Waals surface area contributed by atoms with Crippen LogP contribution in [0.4, 0.5) is 0 Å². The molecule has 3 N–H and O–H groups in total. The number of nitrogens with zero attached hydrogens (tertiary/aromatic N) is 1. The summed E-state index contributed by atoms with van der Waals surface area (Å²) < 4.78 is 5.75. The number of hydrogen-bond donors (Lipinski definition) is 3. The first-order chi connectivity index (χ1) is 16.3. The van der Waals surface area contributed by atoms with Gasteiger partial charge in [-0.1, -0.05) is 50.5 Å². The number of unbranched alkanes of at least 4 members (excludes halogenated alkanes) is 2. The van der Waals surface area contributed by atoms with Crippen molar-refractivity contribution in [3.05, 3.63) is 54.1 Å². The largest absolute Gasteiger partial charge is 0.491 e. The molecular weight excluding hydrogens is 434 g/mol. The van der Waals surface area contributed by atoms with Crippen molar-refractivity contribution in [3.63, 3.8) is 0 Å². The lowest BCUT2D eigenvalue weighted by atomic mass is 10.0. The smallest absolute Gasteiger partial charge is 0.252 e. The zero-order valence-electron chi connectivity index (χ0n) is 20.1. The summed E-state index contributed by atoms with van der Waals surface area (Å²) in [5.74, 6) is -0.444. The Morgan fingerprint density at radius 2 is 1.76 bits per heavy atom. The van der Waals surface area contributed by atoms with Crippen LogP contribution in [0.5, 0.6) is 5.75 Å². The van der Waals surface area contributed by atoms with Crippen LogP contribution in [0.25, 0.3) is 11.1 Å². The molecule has 0 radical (unpaired) electrons. The van der Waals surface area contributed by atoms with E-state index >= 15 is 0 Å². The molecule has 0 aromatic heterocycles. The molecular formula is C26H35N3O5. The van der Waals surface area contributed by atoms with Gasteiger partial charge in [0, 0.05) is 5.56 Å². The predicted octanol–water partition coefficient (Wildman–Crippen LogP) is 3.99. The summed E-state index contributed by atoms with van der Waals surface area (Å²) in [4.78, 5) is 35.9. The van der Waals surface area contributed by atoms with Crippen LogP contribution in [0.1, 0.15) is 56.8 Å². The quantitative estimate of drug-likeness (QED) is 0.127. The summed E-state index contributed by atoms with van der Waals surface area (Å²) in [6.45, 7) is 5.84. The van der Waals surface area contributed by atoms with E-state index in [0.717, 1.165) is 36.1 Å². The van der Waals surface area contributed by atoms with Crippen LogP contribution in [-0.4, -0.2) is 47.8 Å². The summed E-state index contributed by atoms with van der Waals surface area (Å²) in [5.41, 5.74) is 2.27. The molecule has 0 aliphatic carbocycles. The highest BCUT2D eigenvalue weighted by atomic mass is 16.5. The molecule has 184 valence electrons. The van der Waals surface area contributed by atoms with E-state index in [4.69, 9.17) is 4.74 Å². The second-order valence-corrected chi connectivity index (χ2v) is 8.42. The second-order valence-electron chi connectivity index (χ2n) is 8.42. The third kappa shape index (κ3) is 8.86. The number of hydroxylamine groups is 2. The first-order valence-corrected chi connectivity index (χ1v) is 11.7. The topological polar surface area (TPSA) is 108 Å². The lowest BCUT2D eigenvalue weighted by Gasteiger charge is -2.19. The Morgan fingerprint density at radius 3 is 2.44 bits per heavy atom. The zero-order valence-corrected chi connectivity index (χ0v) is 20.1. The SMILES string of the molecule is CCCCC[C@H](CN(O)C=O)C(=O)NCNC(=O)c1cccc(-c2cccc(OC(C)C)c2)c1. The van der Waals surface area contributed by atoms with E-state index in [-0.39, 0.29) is 37.5 Å². The van der Waals surface area contributed by atoms with Gasteiger partial charge in [0.25, 0.3) is 5.91 Å². The van der Waals surface area contributed by atoms with Gasteiger partial charge in [-0.3, -0.25) is 19.6 Å². The Labute approximate surface area is 201 Å². The summed E-state index contributed by atoms with van der Waals surface area (Å²) in [6, 6.07) is 14.9. The van der Waals surface area contributed by atoms with Gasteiger partial charge in [-0.2, -0.15) is 0 Å². The van der Waals surface area contributed by atoms with Gasteiger partial charge in [-0.05, 0) is 55.7 Å². The zero-order chi connectivity index (χ0) is 24.9. The van der Waals surface area contributed by atoms with Crippen molar-refractivity contribution in [1.29, 1.82) is 0 Å². The van der Waals surface area contributed by atoms with E-state index in [1.165, 1.54) is 0 Å². The minimum Gasteiger partial charge on any atom is -0.491 e. The Balaban J connectivity index is 1.97. The standard InChI is InChI=1S/C26H35N3O5/c1-4-5-6-9-23(16-29(33)18-30)26(32)28-17-27-25(31)22-12-7-10-20(14-22)21-11-8-13-24(15-21)34-19(2)3/h7-8,10-15,18-19,23,33H,4-6,9,16-17H2,1-3H3,(H,27,31)(H,28,32)/t23-/m1/s1. The van der Waals surface area contributed by atoms with Crippen LogP contribution in [0.3, 0.4) is 0 Å². The van der Waals surface area contributed by atoms with Gasteiger partial charge in [0.1, 0.15) is 5.75 Å². The van der Waals surface area contributed by atoms with E-state index in [1.54, 1.807) is 18.2 Å². The van der Waals surface area contributed by atoms with Crippen molar-refractivity contribution >= 4 is 18.2 Å². The van der Waals surface area contributed by atoms with Crippen LogP contribution in [0.15, 0.2) is 48.5 Å². The molecule has 2 rings (SSSR count). The maximum atomic E-state index is 12.6. The fraction of sp³-hybridized carbons (Fsp3) is 0.423. The van der Waals surface area contributed by atoms with Crippen LogP contribution >= 0.6 is 0 Å². The Morgan fingerprint density at radius 1 is 1.06 bits per heavy atom. The van der Waals surface area contributed by atoms with Gasteiger partial charge in [-0.25, -0.2) is 5.06 Å². The third-order valence-corrected chi connectivity index (χ3v) is 5.23. The van der Waals surface area contributed by atoms with Gasteiger partial charge in [0.05, 0.1) is 25.2 Å².